The Kier molecular flexibility index (Phi) is 4.72. The standard InChI is InChI=1S/C10H15IN2O3/c1-4-16-7(5(2)3)8-12-9(14)6(11)10(15)13-8/h5,7H,4H2,1-3H3,(H2,12,13,14,15). The number of H-pyrrole nitrogens is 1. The zero-order valence-corrected chi connectivity index (χ0v) is 11.6. The van der Waals surface area contributed by atoms with Crippen molar-refractivity contribution in [2.24, 2.45) is 5.92 Å². The third kappa shape index (κ3) is 2.94. The fourth-order valence-corrected chi connectivity index (χ4v) is 1.62. The van der Waals surface area contributed by atoms with Gasteiger partial charge in [0, 0.05) is 6.61 Å². The Balaban J connectivity index is 3.15. The van der Waals surface area contributed by atoms with Gasteiger partial charge in [-0.3, -0.25) is 4.79 Å². The molecule has 0 aliphatic rings. The molecule has 0 radical (unpaired) electrons. The number of aromatic hydroxyl groups is 1. The summed E-state index contributed by atoms with van der Waals surface area (Å²) in [6.07, 6.45) is -0.305. The van der Waals surface area contributed by atoms with Crippen molar-refractivity contribution in [3.8, 4) is 5.88 Å². The van der Waals surface area contributed by atoms with Crippen molar-refractivity contribution in [3.63, 3.8) is 0 Å². The monoisotopic (exact) mass is 338 g/mol. The van der Waals surface area contributed by atoms with Crippen LogP contribution in [0.5, 0.6) is 5.88 Å². The number of aromatic nitrogens is 2. The summed E-state index contributed by atoms with van der Waals surface area (Å²) in [5, 5.41) is 9.49. The molecule has 0 bridgehead atoms. The van der Waals surface area contributed by atoms with Gasteiger partial charge in [0.25, 0.3) is 5.56 Å². The van der Waals surface area contributed by atoms with Crippen LogP contribution in [0.4, 0.5) is 0 Å². The van der Waals surface area contributed by atoms with Crippen LogP contribution in [0.15, 0.2) is 4.79 Å². The summed E-state index contributed by atoms with van der Waals surface area (Å²) in [6, 6.07) is 0. The summed E-state index contributed by atoms with van der Waals surface area (Å²) in [5.74, 6) is 0.298. The van der Waals surface area contributed by atoms with Crippen LogP contribution in [0.1, 0.15) is 32.7 Å². The first-order chi connectivity index (χ1) is 7.47. The first-order valence-electron chi connectivity index (χ1n) is 5.07. The lowest BCUT2D eigenvalue weighted by atomic mass is 10.1. The van der Waals surface area contributed by atoms with Gasteiger partial charge < -0.3 is 14.8 Å². The highest BCUT2D eigenvalue weighted by Gasteiger charge is 2.20. The normalized spacial score (nSPS) is 13.1. The Hall–Kier alpha value is -0.630. The van der Waals surface area contributed by atoms with Gasteiger partial charge in [0.15, 0.2) is 0 Å². The van der Waals surface area contributed by atoms with Crippen LogP contribution in [0.3, 0.4) is 0 Å². The summed E-state index contributed by atoms with van der Waals surface area (Å²) in [4.78, 5) is 18.0. The van der Waals surface area contributed by atoms with E-state index in [4.69, 9.17) is 4.74 Å². The molecule has 1 unspecified atom stereocenters. The molecule has 0 saturated carbocycles. The van der Waals surface area contributed by atoms with Gasteiger partial charge in [0.2, 0.25) is 5.88 Å². The Morgan fingerprint density at radius 1 is 1.56 bits per heavy atom. The summed E-state index contributed by atoms with van der Waals surface area (Å²) in [5.41, 5.74) is -0.339. The molecule has 0 amide bonds. The first-order valence-corrected chi connectivity index (χ1v) is 6.15. The van der Waals surface area contributed by atoms with Crippen molar-refractivity contribution in [3.05, 3.63) is 19.7 Å². The number of aromatic amines is 1. The minimum Gasteiger partial charge on any atom is -0.492 e. The lowest BCUT2D eigenvalue weighted by molar-refractivity contribution is 0.0226. The van der Waals surface area contributed by atoms with Crippen LogP contribution in [0.2, 0.25) is 0 Å². The van der Waals surface area contributed by atoms with E-state index < -0.39 is 0 Å². The fourth-order valence-electron chi connectivity index (χ4n) is 1.37. The van der Waals surface area contributed by atoms with Crippen molar-refractivity contribution in [2.75, 3.05) is 6.61 Å². The molecule has 2 N–H and O–H groups in total. The molecule has 0 aliphatic carbocycles. The molecule has 6 heteroatoms. The second-order valence-corrected chi connectivity index (χ2v) is 4.79. The van der Waals surface area contributed by atoms with E-state index in [1.54, 1.807) is 22.6 Å². The molecule has 0 fully saturated rings. The van der Waals surface area contributed by atoms with Gasteiger partial charge in [-0.2, -0.15) is 4.98 Å². The SMILES string of the molecule is CCOC(c1nc(O)c(I)c(=O)[nH]1)C(C)C. The maximum Gasteiger partial charge on any atom is 0.268 e. The Morgan fingerprint density at radius 2 is 2.19 bits per heavy atom. The topological polar surface area (TPSA) is 75.2 Å². The number of hydrogen-bond donors (Lipinski definition) is 2. The molecule has 1 aromatic heterocycles. The molecule has 1 heterocycles. The number of halogens is 1. The van der Waals surface area contributed by atoms with Crippen LogP contribution in [-0.2, 0) is 4.74 Å². The van der Waals surface area contributed by atoms with E-state index in [0.29, 0.717) is 12.4 Å². The van der Waals surface area contributed by atoms with E-state index in [1.165, 1.54) is 0 Å². The highest BCUT2D eigenvalue weighted by molar-refractivity contribution is 14.1. The van der Waals surface area contributed by atoms with Gasteiger partial charge in [-0.05, 0) is 35.4 Å². The van der Waals surface area contributed by atoms with Gasteiger partial charge in [0.05, 0.1) is 0 Å². The molecule has 0 spiro atoms. The quantitative estimate of drug-likeness (QED) is 0.821. The second kappa shape index (κ2) is 5.62. The number of ether oxygens (including phenoxy) is 1. The Bertz CT molecular complexity index is 417. The largest absolute Gasteiger partial charge is 0.492 e. The Labute approximate surface area is 107 Å². The smallest absolute Gasteiger partial charge is 0.268 e. The second-order valence-electron chi connectivity index (χ2n) is 3.71. The van der Waals surface area contributed by atoms with Gasteiger partial charge in [0.1, 0.15) is 15.5 Å². The minimum atomic E-state index is -0.339. The molecule has 0 aliphatic heterocycles. The molecule has 1 rings (SSSR count). The molecule has 90 valence electrons. The fraction of sp³-hybridized carbons (Fsp3) is 0.600. The van der Waals surface area contributed by atoms with E-state index in [9.17, 15) is 9.90 Å². The summed E-state index contributed by atoms with van der Waals surface area (Å²) < 4.78 is 5.69. The molecule has 16 heavy (non-hydrogen) atoms. The van der Waals surface area contributed by atoms with Gasteiger partial charge in [-0.15, -0.1) is 0 Å². The van der Waals surface area contributed by atoms with E-state index in [0.717, 1.165) is 0 Å². The zero-order valence-electron chi connectivity index (χ0n) is 9.45. The van der Waals surface area contributed by atoms with Crippen LogP contribution in [0.25, 0.3) is 0 Å². The van der Waals surface area contributed by atoms with Crippen molar-refractivity contribution in [1.82, 2.24) is 9.97 Å². The lowest BCUT2D eigenvalue weighted by Crippen LogP contribution is -2.21. The molecular weight excluding hydrogens is 323 g/mol. The Morgan fingerprint density at radius 3 is 2.62 bits per heavy atom. The van der Waals surface area contributed by atoms with Crippen LogP contribution in [-0.4, -0.2) is 21.7 Å². The first kappa shape index (κ1) is 13.4. The number of hydrogen-bond acceptors (Lipinski definition) is 4. The zero-order chi connectivity index (χ0) is 12.3. The van der Waals surface area contributed by atoms with Gasteiger partial charge >= 0.3 is 0 Å². The predicted octanol–water partition coefficient (Wildman–Crippen LogP) is 1.81. The molecular formula is C10H15IN2O3. The molecule has 1 aromatic rings. The minimum absolute atomic E-state index is 0.169. The molecule has 1 atom stereocenters. The van der Waals surface area contributed by atoms with Gasteiger partial charge in [-0.1, -0.05) is 13.8 Å². The summed E-state index contributed by atoms with van der Waals surface area (Å²) in [6.45, 7) is 6.34. The highest BCUT2D eigenvalue weighted by Crippen LogP contribution is 2.24. The van der Waals surface area contributed by atoms with E-state index in [-0.39, 0.29) is 27.0 Å². The third-order valence-electron chi connectivity index (χ3n) is 2.08. The van der Waals surface area contributed by atoms with E-state index in [1.807, 2.05) is 20.8 Å². The summed E-state index contributed by atoms with van der Waals surface area (Å²) >= 11 is 1.75. The molecule has 0 saturated heterocycles. The van der Waals surface area contributed by atoms with Crippen molar-refractivity contribution in [1.29, 1.82) is 0 Å². The number of nitrogens with zero attached hydrogens (tertiary/aromatic N) is 1. The van der Waals surface area contributed by atoms with Crippen molar-refractivity contribution < 1.29 is 9.84 Å². The third-order valence-corrected chi connectivity index (χ3v) is 3.06. The number of nitrogens with one attached hydrogen (secondary N) is 1. The van der Waals surface area contributed by atoms with E-state index >= 15 is 0 Å². The number of rotatable bonds is 4. The van der Waals surface area contributed by atoms with Gasteiger partial charge in [-0.25, -0.2) is 0 Å². The van der Waals surface area contributed by atoms with Crippen molar-refractivity contribution >= 4 is 22.6 Å². The molecule has 0 aromatic carbocycles. The van der Waals surface area contributed by atoms with E-state index in [2.05, 4.69) is 9.97 Å². The maximum absolute atomic E-state index is 11.5. The summed E-state index contributed by atoms with van der Waals surface area (Å²) in [7, 11) is 0. The molecule has 5 nitrogen and oxygen atoms in total. The highest BCUT2D eigenvalue weighted by atomic mass is 127. The van der Waals surface area contributed by atoms with Crippen LogP contribution in [0, 0.1) is 9.49 Å². The van der Waals surface area contributed by atoms with Crippen molar-refractivity contribution in [2.45, 2.75) is 26.9 Å². The average Bonchev–Trinajstić information content (AvgIpc) is 2.21. The van der Waals surface area contributed by atoms with Crippen LogP contribution >= 0.6 is 22.6 Å². The lowest BCUT2D eigenvalue weighted by Gasteiger charge is -2.19. The predicted molar refractivity (Wildman–Crippen MR) is 68.4 cm³/mol. The van der Waals surface area contributed by atoms with Crippen LogP contribution < -0.4 is 5.56 Å². The average molecular weight is 338 g/mol. The maximum atomic E-state index is 11.5.